The summed E-state index contributed by atoms with van der Waals surface area (Å²) in [6.07, 6.45) is -13.8. The number of esters is 1. The first-order chi connectivity index (χ1) is 21.8. The molecule has 1 saturated heterocycles. The Morgan fingerprint density at radius 1 is 0.826 bits per heavy atom. The Kier molecular flexibility index (Phi) is 9.11. The normalized spacial score (nSPS) is 19.1. The Labute approximate surface area is 260 Å². The molecule has 0 spiro atoms. The van der Waals surface area contributed by atoms with E-state index in [1.165, 1.54) is 19.1 Å². The van der Waals surface area contributed by atoms with E-state index < -0.39 is 65.6 Å². The number of carbonyl (C=O) groups is 2. The minimum absolute atomic E-state index is 0.0188. The Morgan fingerprint density at radius 2 is 1.35 bits per heavy atom. The van der Waals surface area contributed by atoms with Gasteiger partial charge in [0.1, 0.15) is 6.61 Å². The zero-order chi connectivity index (χ0) is 33.1. The fourth-order valence-electron chi connectivity index (χ4n) is 5.16. The molecule has 0 aliphatic carbocycles. The Balaban J connectivity index is 1.56. The van der Waals surface area contributed by atoms with Gasteiger partial charge in [-0.15, -0.1) is 0 Å². The third kappa shape index (κ3) is 6.71. The summed E-state index contributed by atoms with van der Waals surface area (Å²) in [7, 11) is 0. The molecule has 4 aromatic carbocycles. The van der Waals surface area contributed by atoms with E-state index in [-0.39, 0.29) is 18.2 Å². The molecule has 1 aliphatic heterocycles. The highest BCUT2D eigenvalue weighted by Gasteiger charge is 2.60. The van der Waals surface area contributed by atoms with Crippen molar-refractivity contribution in [2.75, 3.05) is 6.61 Å². The summed E-state index contributed by atoms with van der Waals surface area (Å²) in [5, 5.41) is 0. The molecule has 0 unspecified atom stereocenters. The van der Waals surface area contributed by atoms with Crippen molar-refractivity contribution in [3.05, 3.63) is 143 Å². The van der Waals surface area contributed by atoms with Crippen molar-refractivity contribution in [3.63, 3.8) is 0 Å². The van der Waals surface area contributed by atoms with Crippen molar-refractivity contribution >= 4 is 12.1 Å². The number of hydrogen-bond acceptors (Lipinski definition) is 5. The molecule has 240 valence electrons. The zero-order valence-corrected chi connectivity index (χ0v) is 24.2. The Bertz CT molecular complexity index is 1630. The summed E-state index contributed by atoms with van der Waals surface area (Å²) in [4.78, 5) is 28.9. The molecule has 5 rings (SSSR count). The van der Waals surface area contributed by atoms with Gasteiger partial charge in [-0.2, -0.15) is 26.3 Å². The van der Waals surface area contributed by atoms with Gasteiger partial charge in [0.2, 0.25) is 6.23 Å². The number of cyclic esters (lactones) is 1. The minimum atomic E-state index is -5.07. The van der Waals surface area contributed by atoms with Crippen LogP contribution in [0.5, 0.6) is 0 Å². The van der Waals surface area contributed by atoms with Gasteiger partial charge in [-0.25, -0.2) is 14.5 Å². The van der Waals surface area contributed by atoms with Crippen LogP contribution in [0.15, 0.2) is 109 Å². The van der Waals surface area contributed by atoms with Gasteiger partial charge in [-0.3, -0.25) is 0 Å². The van der Waals surface area contributed by atoms with Crippen LogP contribution in [0.2, 0.25) is 0 Å². The summed E-state index contributed by atoms with van der Waals surface area (Å²) in [5.74, 6) is -0.934. The number of carbonyl (C=O) groups excluding carboxylic acids is 2. The van der Waals surface area contributed by atoms with Crippen molar-refractivity contribution in [2.45, 2.75) is 43.8 Å². The van der Waals surface area contributed by atoms with Crippen LogP contribution in [-0.4, -0.2) is 23.6 Å². The number of amides is 1. The molecular formula is C34H27F6NO5. The lowest BCUT2D eigenvalue weighted by Crippen LogP contribution is -2.52. The van der Waals surface area contributed by atoms with E-state index in [4.69, 9.17) is 14.2 Å². The lowest BCUT2D eigenvalue weighted by atomic mass is 9.89. The van der Waals surface area contributed by atoms with E-state index in [1.54, 1.807) is 78.9 Å². The third-order valence-corrected chi connectivity index (χ3v) is 7.56. The molecule has 0 N–H and O–H groups in total. The molecule has 0 bridgehead atoms. The van der Waals surface area contributed by atoms with Crippen molar-refractivity contribution < 1.29 is 50.1 Å². The second-order valence-electron chi connectivity index (χ2n) is 10.6. The Hall–Kier alpha value is -4.84. The predicted octanol–water partition coefficient (Wildman–Crippen LogP) is 8.59. The highest BCUT2D eigenvalue weighted by atomic mass is 19.4. The maximum atomic E-state index is 13.9. The van der Waals surface area contributed by atoms with Crippen molar-refractivity contribution in [3.8, 4) is 0 Å². The summed E-state index contributed by atoms with van der Waals surface area (Å²) in [6, 6.07) is 26.1. The first-order valence-electron chi connectivity index (χ1n) is 14.0. The average Bonchev–Trinajstić information content (AvgIpc) is 3.35. The number of ether oxygens (including phenoxy) is 3. The number of halogens is 6. The van der Waals surface area contributed by atoms with Gasteiger partial charge in [0.25, 0.3) is 0 Å². The lowest BCUT2D eigenvalue weighted by molar-refractivity contribution is -0.148. The van der Waals surface area contributed by atoms with Crippen LogP contribution < -0.4 is 0 Å². The Morgan fingerprint density at radius 3 is 1.89 bits per heavy atom. The molecule has 12 heteroatoms. The molecule has 0 saturated carbocycles. The van der Waals surface area contributed by atoms with Gasteiger partial charge in [0.15, 0.2) is 5.54 Å². The number of nitrogens with zero attached hydrogens (tertiary/aromatic N) is 1. The van der Waals surface area contributed by atoms with Gasteiger partial charge in [0, 0.05) is 5.56 Å². The van der Waals surface area contributed by atoms with Gasteiger partial charge in [0.05, 0.1) is 23.8 Å². The van der Waals surface area contributed by atoms with Gasteiger partial charge in [-0.05, 0) is 41.8 Å². The van der Waals surface area contributed by atoms with E-state index in [0.29, 0.717) is 23.3 Å². The summed E-state index contributed by atoms with van der Waals surface area (Å²) in [5.41, 5.74) is -4.22. The molecule has 0 radical (unpaired) electrons. The molecule has 46 heavy (non-hydrogen) atoms. The number of benzene rings is 4. The number of hydrogen-bond donors (Lipinski definition) is 0. The molecule has 4 aromatic rings. The van der Waals surface area contributed by atoms with Crippen LogP contribution >= 0.6 is 0 Å². The van der Waals surface area contributed by atoms with E-state index in [1.807, 2.05) is 0 Å². The maximum absolute atomic E-state index is 13.9. The van der Waals surface area contributed by atoms with Crippen molar-refractivity contribution in [2.24, 2.45) is 0 Å². The molecular weight excluding hydrogens is 616 g/mol. The van der Waals surface area contributed by atoms with E-state index in [0.717, 1.165) is 4.90 Å². The number of rotatable bonds is 8. The standard InChI is InChI=1S/C34H27F6NO5/c1-22(25-17-27(33(35,36)37)19-28(18-25)34(38,39)40)45-21-32(26-15-9-4-10-16-26)30(42)46-29(24-13-7-3-8-14-24)41(32)31(43)44-20-23-11-5-2-6-12-23/h2-19,22,29H,20-21H2,1H3/t22-,29-,32-/m1/s1. The summed E-state index contributed by atoms with van der Waals surface area (Å²) >= 11 is 0. The van der Waals surface area contributed by atoms with Crippen LogP contribution in [0, 0.1) is 0 Å². The molecule has 1 amide bonds. The monoisotopic (exact) mass is 643 g/mol. The third-order valence-electron chi connectivity index (χ3n) is 7.56. The van der Waals surface area contributed by atoms with Gasteiger partial charge in [-0.1, -0.05) is 91.0 Å². The zero-order valence-electron chi connectivity index (χ0n) is 24.2. The summed E-state index contributed by atoms with van der Waals surface area (Å²) in [6.45, 7) is 0.387. The van der Waals surface area contributed by atoms with Crippen LogP contribution in [0.4, 0.5) is 31.1 Å². The van der Waals surface area contributed by atoms with E-state index in [2.05, 4.69) is 0 Å². The molecule has 1 aliphatic rings. The van der Waals surface area contributed by atoms with Crippen LogP contribution in [0.25, 0.3) is 0 Å². The van der Waals surface area contributed by atoms with Gasteiger partial charge < -0.3 is 14.2 Å². The van der Waals surface area contributed by atoms with E-state index in [9.17, 15) is 35.9 Å². The highest BCUT2D eigenvalue weighted by Crippen LogP contribution is 2.46. The molecule has 1 fully saturated rings. The molecule has 3 atom stereocenters. The fourth-order valence-corrected chi connectivity index (χ4v) is 5.16. The second-order valence-corrected chi connectivity index (χ2v) is 10.6. The predicted molar refractivity (Wildman–Crippen MR) is 153 cm³/mol. The highest BCUT2D eigenvalue weighted by molar-refractivity contribution is 5.90. The van der Waals surface area contributed by atoms with E-state index >= 15 is 0 Å². The molecule has 0 aromatic heterocycles. The maximum Gasteiger partial charge on any atom is 0.416 e. The lowest BCUT2D eigenvalue weighted by Gasteiger charge is -2.36. The molecule has 6 nitrogen and oxygen atoms in total. The minimum Gasteiger partial charge on any atom is -0.444 e. The first-order valence-corrected chi connectivity index (χ1v) is 14.0. The topological polar surface area (TPSA) is 65.1 Å². The average molecular weight is 644 g/mol. The first kappa shape index (κ1) is 32.6. The quantitative estimate of drug-likeness (QED) is 0.142. The fraction of sp³-hybridized carbons (Fsp3) is 0.235. The van der Waals surface area contributed by atoms with Gasteiger partial charge >= 0.3 is 24.4 Å². The summed E-state index contributed by atoms with van der Waals surface area (Å²) < 4.78 is 98.8. The van der Waals surface area contributed by atoms with Crippen molar-refractivity contribution in [1.82, 2.24) is 4.90 Å². The smallest absolute Gasteiger partial charge is 0.416 e. The van der Waals surface area contributed by atoms with Crippen molar-refractivity contribution in [1.29, 1.82) is 0 Å². The SMILES string of the molecule is C[C@@H](OC[C@@]1(c2ccccc2)C(=O)O[C@H](c2ccccc2)N1C(=O)OCc1ccccc1)c1cc(C(F)(F)F)cc(C(F)(F)F)c1. The van der Waals surface area contributed by atoms with Crippen LogP contribution in [-0.2, 0) is 43.5 Å². The second kappa shape index (κ2) is 12.9. The molecule has 1 heterocycles. The van der Waals surface area contributed by atoms with Crippen LogP contribution in [0.1, 0.15) is 52.6 Å². The largest absolute Gasteiger partial charge is 0.444 e. The van der Waals surface area contributed by atoms with Crippen LogP contribution in [0.3, 0.4) is 0 Å². The number of alkyl halides is 6.